The molecule has 5 heteroatoms. The van der Waals surface area contributed by atoms with Crippen LogP contribution >= 0.6 is 0 Å². The number of aliphatic carboxylic acids is 1. The fourth-order valence-electron chi connectivity index (χ4n) is 2.00. The van der Waals surface area contributed by atoms with Crippen LogP contribution in [0.2, 0.25) is 0 Å². The van der Waals surface area contributed by atoms with Gasteiger partial charge in [0, 0.05) is 18.2 Å². The van der Waals surface area contributed by atoms with Gasteiger partial charge in [0.1, 0.15) is 17.7 Å². The summed E-state index contributed by atoms with van der Waals surface area (Å²) in [7, 11) is 0. The Bertz CT molecular complexity index is 440. The third kappa shape index (κ3) is 2.67. The van der Waals surface area contributed by atoms with Gasteiger partial charge in [-0.3, -0.25) is 9.69 Å². The zero-order chi connectivity index (χ0) is 13.3. The van der Waals surface area contributed by atoms with Gasteiger partial charge in [-0.1, -0.05) is 6.07 Å². The van der Waals surface area contributed by atoms with Crippen molar-refractivity contribution in [2.24, 2.45) is 0 Å². The average Bonchev–Trinajstić information content (AvgIpc) is 3.12. The summed E-state index contributed by atoms with van der Waals surface area (Å²) in [5.41, 5.74) is -0.0579. The monoisotopic (exact) mass is 255 g/mol. The first-order chi connectivity index (χ1) is 8.50. The lowest BCUT2D eigenvalue weighted by molar-refractivity contribution is -0.143. The van der Waals surface area contributed by atoms with Crippen LogP contribution in [0, 0.1) is 11.6 Å². The minimum Gasteiger partial charge on any atom is -0.480 e. The summed E-state index contributed by atoms with van der Waals surface area (Å²) < 4.78 is 27.1. The number of halogens is 2. The molecule has 1 unspecified atom stereocenters. The van der Waals surface area contributed by atoms with E-state index in [1.165, 1.54) is 18.2 Å². The fourth-order valence-corrected chi connectivity index (χ4v) is 2.00. The minimum absolute atomic E-state index is 0.00333. The smallest absolute Gasteiger partial charge is 0.320 e. The molecule has 0 aliphatic heterocycles. The SMILES string of the molecule is CC(C(=O)O)N(Cc1c(F)cccc1F)C1CC1. The van der Waals surface area contributed by atoms with E-state index < -0.39 is 23.6 Å². The molecule has 0 amide bonds. The zero-order valence-corrected chi connectivity index (χ0v) is 10.1. The number of carboxylic acids is 1. The summed E-state index contributed by atoms with van der Waals surface area (Å²) in [5.74, 6) is -2.23. The molecule has 1 atom stereocenters. The summed E-state index contributed by atoms with van der Waals surface area (Å²) >= 11 is 0. The van der Waals surface area contributed by atoms with Gasteiger partial charge in [0.15, 0.2) is 0 Å². The molecule has 1 fully saturated rings. The van der Waals surface area contributed by atoms with Crippen molar-refractivity contribution in [1.29, 1.82) is 0 Å². The third-order valence-electron chi connectivity index (χ3n) is 3.27. The van der Waals surface area contributed by atoms with Crippen LogP contribution in [0.3, 0.4) is 0 Å². The maximum Gasteiger partial charge on any atom is 0.320 e. The lowest BCUT2D eigenvalue weighted by Crippen LogP contribution is -2.40. The number of hydrogen-bond donors (Lipinski definition) is 1. The Morgan fingerprint density at radius 3 is 2.44 bits per heavy atom. The molecule has 0 bridgehead atoms. The van der Waals surface area contributed by atoms with E-state index in [0.29, 0.717) is 0 Å². The van der Waals surface area contributed by atoms with Crippen LogP contribution < -0.4 is 0 Å². The van der Waals surface area contributed by atoms with Crippen molar-refractivity contribution < 1.29 is 18.7 Å². The molecule has 3 nitrogen and oxygen atoms in total. The van der Waals surface area contributed by atoms with E-state index >= 15 is 0 Å². The predicted molar refractivity (Wildman–Crippen MR) is 62.0 cm³/mol. The molecule has 0 aromatic heterocycles. The number of carbonyl (C=O) groups is 1. The van der Waals surface area contributed by atoms with Crippen molar-refractivity contribution >= 4 is 5.97 Å². The molecular weight excluding hydrogens is 240 g/mol. The maximum atomic E-state index is 13.5. The number of carboxylic acid groups (broad SMARTS) is 1. The quantitative estimate of drug-likeness (QED) is 0.878. The van der Waals surface area contributed by atoms with E-state index in [1.807, 2.05) is 0 Å². The van der Waals surface area contributed by atoms with E-state index in [2.05, 4.69) is 0 Å². The van der Waals surface area contributed by atoms with Gasteiger partial charge in [0.25, 0.3) is 0 Å². The normalized spacial score (nSPS) is 16.9. The Hall–Kier alpha value is -1.49. The molecule has 1 aliphatic rings. The highest BCUT2D eigenvalue weighted by Crippen LogP contribution is 2.31. The molecule has 1 aliphatic carbocycles. The van der Waals surface area contributed by atoms with Gasteiger partial charge in [0.05, 0.1) is 0 Å². The first-order valence-electron chi connectivity index (χ1n) is 5.92. The second-order valence-electron chi connectivity index (χ2n) is 4.62. The van der Waals surface area contributed by atoms with Crippen molar-refractivity contribution in [2.75, 3.05) is 0 Å². The molecule has 0 heterocycles. The van der Waals surface area contributed by atoms with Gasteiger partial charge >= 0.3 is 5.97 Å². The molecule has 0 spiro atoms. The number of hydrogen-bond acceptors (Lipinski definition) is 2. The molecule has 0 saturated heterocycles. The Morgan fingerprint density at radius 1 is 1.44 bits per heavy atom. The topological polar surface area (TPSA) is 40.5 Å². The lowest BCUT2D eigenvalue weighted by atomic mass is 10.1. The minimum atomic E-state index is -0.973. The number of rotatable bonds is 5. The van der Waals surface area contributed by atoms with Gasteiger partial charge in [-0.05, 0) is 31.9 Å². The molecule has 1 N–H and O–H groups in total. The van der Waals surface area contributed by atoms with Crippen molar-refractivity contribution in [3.63, 3.8) is 0 Å². The van der Waals surface area contributed by atoms with Crippen LogP contribution in [0.5, 0.6) is 0 Å². The first kappa shape index (κ1) is 13.0. The number of benzene rings is 1. The van der Waals surface area contributed by atoms with Crippen LogP contribution in [0.4, 0.5) is 8.78 Å². The fraction of sp³-hybridized carbons (Fsp3) is 0.462. The highest BCUT2D eigenvalue weighted by Gasteiger charge is 2.35. The van der Waals surface area contributed by atoms with Crippen LogP contribution in [0.15, 0.2) is 18.2 Å². The summed E-state index contributed by atoms with van der Waals surface area (Å²) in [6.45, 7) is 1.54. The Balaban J connectivity index is 2.21. The summed E-state index contributed by atoms with van der Waals surface area (Å²) in [4.78, 5) is 12.6. The first-order valence-corrected chi connectivity index (χ1v) is 5.92. The highest BCUT2D eigenvalue weighted by atomic mass is 19.1. The summed E-state index contributed by atoms with van der Waals surface area (Å²) in [5, 5.41) is 9.02. The molecular formula is C13H15F2NO2. The predicted octanol–water partition coefficient (Wildman–Crippen LogP) is 2.40. The zero-order valence-electron chi connectivity index (χ0n) is 10.1. The van der Waals surface area contributed by atoms with Crippen molar-refractivity contribution in [3.8, 4) is 0 Å². The Kier molecular flexibility index (Phi) is 3.61. The molecule has 1 aromatic carbocycles. The van der Waals surface area contributed by atoms with Gasteiger partial charge in [-0.15, -0.1) is 0 Å². The highest BCUT2D eigenvalue weighted by molar-refractivity contribution is 5.73. The largest absolute Gasteiger partial charge is 0.480 e. The standard InChI is InChI=1S/C13H15F2NO2/c1-8(13(17)18)16(9-5-6-9)7-10-11(14)3-2-4-12(10)15/h2-4,8-9H,5-7H2,1H3,(H,17,18). The maximum absolute atomic E-state index is 13.5. The average molecular weight is 255 g/mol. The summed E-state index contributed by atoms with van der Waals surface area (Å²) in [6.07, 6.45) is 1.77. The second kappa shape index (κ2) is 5.02. The molecule has 1 aromatic rings. The summed E-state index contributed by atoms with van der Waals surface area (Å²) in [6, 6.07) is 3.06. The second-order valence-corrected chi connectivity index (χ2v) is 4.62. The Labute approximate surface area is 104 Å². The van der Waals surface area contributed by atoms with Crippen molar-refractivity contribution in [3.05, 3.63) is 35.4 Å². The van der Waals surface area contributed by atoms with E-state index in [-0.39, 0.29) is 18.2 Å². The van der Waals surface area contributed by atoms with Crippen LogP contribution in [0.25, 0.3) is 0 Å². The van der Waals surface area contributed by atoms with E-state index in [9.17, 15) is 13.6 Å². The molecule has 0 radical (unpaired) electrons. The Morgan fingerprint density at radius 2 is 2.00 bits per heavy atom. The van der Waals surface area contributed by atoms with Gasteiger partial charge in [0.2, 0.25) is 0 Å². The molecule has 2 rings (SSSR count). The van der Waals surface area contributed by atoms with Gasteiger partial charge in [-0.2, -0.15) is 0 Å². The van der Waals surface area contributed by atoms with Crippen molar-refractivity contribution in [2.45, 2.75) is 38.4 Å². The van der Waals surface area contributed by atoms with Crippen molar-refractivity contribution in [1.82, 2.24) is 4.90 Å². The number of nitrogens with zero attached hydrogens (tertiary/aromatic N) is 1. The van der Waals surface area contributed by atoms with Crippen LogP contribution in [-0.4, -0.2) is 28.1 Å². The van der Waals surface area contributed by atoms with E-state index in [1.54, 1.807) is 11.8 Å². The van der Waals surface area contributed by atoms with E-state index in [0.717, 1.165) is 12.8 Å². The van der Waals surface area contributed by atoms with Gasteiger partial charge in [-0.25, -0.2) is 8.78 Å². The van der Waals surface area contributed by atoms with Crippen LogP contribution in [-0.2, 0) is 11.3 Å². The molecule has 1 saturated carbocycles. The molecule has 98 valence electrons. The lowest BCUT2D eigenvalue weighted by Gasteiger charge is -2.26. The van der Waals surface area contributed by atoms with Crippen LogP contribution in [0.1, 0.15) is 25.3 Å². The molecule has 18 heavy (non-hydrogen) atoms. The van der Waals surface area contributed by atoms with E-state index in [4.69, 9.17) is 5.11 Å². The van der Waals surface area contributed by atoms with Gasteiger partial charge < -0.3 is 5.11 Å². The third-order valence-corrected chi connectivity index (χ3v) is 3.27.